The maximum atomic E-state index is 10.9. The number of benzene rings is 2. The van der Waals surface area contributed by atoms with E-state index in [-0.39, 0.29) is 5.56 Å². The van der Waals surface area contributed by atoms with Crippen LogP contribution in [0.4, 0.5) is 0 Å². The summed E-state index contributed by atoms with van der Waals surface area (Å²) >= 11 is 0. The smallest absolute Gasteiger partial charge is 0.335 e. The van der Waals surface area contributed by atoms with Crippen molar-refractivity contribution >= 4 is 16.9 Å². The molecule has 104 valence electrons. The van der Waals surface area contributed by atoms with Crippen molar-refractivity contribution in [3.05, 3.63) is 60.2 Å². The van der Waals surface area contributed by atoms with Gasteiger partial charge in [0, 0.05) is 10.9 Å². The fraction of sp³-hybridized carbons (Fsp3) is 0.0588. The standard InChI is InChI=1S/C17H13NO3/c1-21-16-14(10-13-4-2-3-5-15(13)18-16)11-6-8-12(9-7-11)17(19)20/h2-10H,1H3,(H,19,20). The number of aromatic carboxylic acids is 1. The minimum atomic E-state index is -0.940. The van der Waals surface area contributed by atoms with Crippen LogP contribution in [-0.4, -0.2) is 23.2 Å². The van der Waals surface area contributed by atoms with Crippen molar-refractivity contribution in [2.75, 3.05) is 7.11 Å². The molecule has 1 N–H and O–H groups in total. The van der Waals surface area contributed by atoms with Crippen LogP contribution < -0.4 is 4.74 Å². The second kappa shape index (κ2) is 5.25. The van der Waals surface area contributed by atoms with Gasteiger partial charge < -0.3 is 9.84 Å². The average molecular weight is 279 g/mol. The molecular weight excluding hydrogens is 266 g/mol. The molecule has 3 rings (SSSR count). The molecule has 0 aliphatic rings. The highest BCUT2D eigenvalue weighted by Crippen LogP contribution is 2.31. The number of pyridine rings is 1. The second-order valence-corrected chi connectivity index (χ2v) is 4.62. The largest absolute Gasteiger partial charge is 0.481 e. The number of para-hydroxylation sites is 1. The van der Waals surface area contributed by atoms with E-state index in [1.54, 1.807) is 31.4 Å². The summed E-state index contributed by atoms with van der Waals surface area (Å²) in [4.78, 5) is 15.4. The van der Waals surface area contributed by atoms with E-state index in [1.807, 2.05) is 30.3 Å². The first kappa shape index (κ1) is 13.1. The van der Waals surface area contributed by atoms with Crippen LogP contribution in [0, 0.1) is 0 Å². The molecule has 1 heterocycles. The van der Waals surface area contributed by atoms with E-state index in [0.717, 1.165) is 22.0 Å². The SMILES string of the molecule is COc1nc2ccccc2cc1-c1ccc(C(=O)O)cc1. The van der Waals surface area contributed by atoms with E-state index in [4.69, 9.17) is 9.84 Å². The molecule has 0 spiro atoms. The zero-order chi connectivity index (χ0) is 14.8. The molecule has 0 unspecified atom stereocenters. The highest BCUT2D eigenvalue weighted by atomic mass is 16.5. The van der Waals surface area contributed by atoms with Crippen molar-refractivity contribution in [3.8, 4) is 17.0 Å². The lowest BCUT2D eigenvalue weighted by molar-refractivity contribution is 0.0697. The van der Waals surface area contributed by atoms with Crippen LogP contribution in [0.2, 0.25) is 0 Å². The molecule has 0 radical (unpaired) electrons. The van der Waals surface area contributed by atoms with Crippen molar-refractivity contribution in [1.29, 1.82) is 0 Å². The van der Waals surface area contributed by atoms with Crippen LogP contribution in [0.1, 0.15) is 10.4 Å². The first-order valence-corrected chi connectivity index (χ1v) is 6.46. The number of hydrogen-bond acceptors (Lipinski definition) is 3. The predicted octanol–water partition coefficient (Wildman–Crippen LogP) is 3.61. The van der Waals surface area contributed by atoms with Crippen LogP contribution in [0.25, 0.3) is 22.0 Å². The summed E-state index contributed by atoms with van der Waals surface area (Å²) in [5, 5.41) is 9.96. The van der Waals surface area contributed by atoms with Gasteiger partial charge in [0.15, 0.2) is 0 Å². The number of rotatable bonds is 3. The molecule has 0 aliphatic carbocycles. The van der Waals surface area contributed by atoms with Crippen LogP contribution >= 0.6 is 0 Å². The van der Waals surface area contributed by atoms with Gasteiger partial charge in [-0.2, -0.15) is 0 Å². The lowest BCUT2D eigenvalue weighted by atomic mass is 10.0. The van der Waals surface area contributed by atoms with Gasteiger partial charge in [-0.25, -0.2) is 9.78 Å². The first-order valence-electron chi connectivity index (χ1n) is 6.46. The Balaban J connectivity index is 2.16. The molecule has 0 saturated carbocycles. The van der Waals surface area contributed by atoms with E-state index in [9.17, 15) is 4.79 Å². The van der Waals surface area contributed by atoms with Gasteiger partial charge in [-0.1, -0.05) is 30.3 Å². The van der Waals surface area contributed by atoms with Crippen LogP contribution in [0.3, 0.4) is 0 Å². The minimum Gasteiger partial charge on any atom is -0.481 e. The monoisotopic (exact) mass is 279 g/mol. The van der Waals surface area contributed by atoms with Crippen molar-refractivity contribution in [3.63, 3.8) is 0 Å². The molecule has 2 aromatic carbocycles. The maximum absolute atomic E-state index is 10.9. The van der Waals surface area contributed by atoms with Crippen LogP contribution in [0.5, 0.6) is 5.88 Å². The van der Waals surface area contributed by atoms with Crippen molar-refractivity contribution in [1.82, 2.24) is 4.98 Å². The third-order valence-corrected chi connectivity index (χ3v) is 3.33. The van der Waals surface area contributed by atoms with Crippen molar-refractivity contribution in [2.24, 2.45) is 0 Å². The molecule has 3 aromatic rings. The van der Waals surface area contributed by atoms with E-state index in [0.29, 0.717) is 5.88 Å². The van der Waals surface area contributed by atoms with Crippen molar-refractivity contribution < 1.29 is 14.6 Å². The van der Waals surface area contributed by atoms with E-state index in [1.165, 1.54) is 0 Å². The lowest BCUT2D eigenvalue weighted by Crippen LogP contribution is -1.96. The van der Waals surface area contributed by atoms with Crippen LogP contribution in [-0.2, 0) is 0 Å². The van der Waals surface area contributed by atoms with Gasteiger partial charge in [0.2, 0.25) is 5.88 Å². The Morgan fingerprint density at radius 2 is 1.81 bits per heavy atom. The van der Waals surface area contributed by atoms with E-state index in [2.05, 4.69) is 4.98 Å². The summed E-state index contributed by atoms with van der Waals surface area (Å²) in [5.74, 6) is -0.415. The predicted molar refractivity (Wildman–Crippen MR) is 80.7 cm³/mol. The molecule has 4 nitrogen and oxygen atoms in total. The first-order chi connectivity index (χ1) is 10.2. The molecule has 0 bridgehead atoms. The van der Waals surface area contributed by atoms with Gasteiger partial charge in [-0.3, -0.25) is 0 Å². The molecular formula is C17H13NO3. The Hall–Kier alpha value is -2.88. The fourth-order valence-corrected chi connectivity index (χ4v) is 2.25. The number of methoxy groups -OCH3 is 1. The summed E-state index contributed by atoms with van der Waals surface area (Å²) in [7, 11) is 1.58. The number of nitrogens with zero attached hydrogens (tertiary/aromatic N) is 1. The molecule has 0 atom stereocenters. The van der Waals surface area contributed by atoms with Crippen molar-refractivity contribution in [2.45, 2.75) is 0 Å². The van der Waals surface area contributed by atoms with Gasteiger partial charge in [0.05, 0.1) is 18.2 Å². The second-order valence-electron chi connectivity index (χ2n) is 4.62. The fourth-order valence-electron chi connectivity index (χ4n) is 2.25. The van der Waals surface area contributed by atoms with Gasteiger partial charge in [-0.05, 0) is 29.8 Å². The molecule has 0 fully saturated rings. The maximum Gasteiger partial charge on any atom is 0.335 e. The number of carbonyl (C=O) groups is 1. The van der Waals surface area contributed by atoms with Gasteiger partial charge in [0.1, 0.15) is 0 Å². The van der Waals surface area contributed by atoms with Gasteiger partial charge in [0.25, 0.3) is 0 Å². The topological polar surface area (TPSA) is 59.4 Å². The number of hydrogen-bond donors (Lipinski definition) is 1. The Kier molecular flexibility index (Phi) is 3.28. The van der Waals surface area contributed by atoms with Crippen LogP contribution in [0.15, 0.2) is 54.6 Å². The summed E-state index contributed by atoms with van der Waals surface area (Å²) in [6.07, 6.45) is 0. The Labute approximate surface area is 121 Å². The summed E-state index contributed by atoms with van der Waals surface area (Å²) < 4.78 is 5.36. The van der Waals surface area contributed by atoms with Gasteiger partial charge in [-0.15, -0.1) is 0 Å². The Bertz CT molecular complexity index is 810. The Morgan fingerprint density at radius 3 is 2.48 bits per heavy atom. The highest BCUT2D eigenvalue weighted by Gasteiger charge is 2.10. The number of aromatic nitrogens is 1. The summed E-state index contributed by atoms with van der Waals surface area (Å²) in [5.41, 5.74) is 2.83. The highest BCUT2D eigenvalue weighted by molar-refractivity contribution is 5.90. The summed E-state index contributed by atoms with van der Waals surface area (Å²) in [6, 6.07) is 16.5. The number of carboxylic acid groups (broad SMARTS) is 1. The number of ether oxygens (including phenoxy) is 1. The molecule has 0 amide bonds. The number of fused-ring (bicyclic) bond motifs is 1. The van der Waals surface area contributed by atoms with E-state index < -0.39 is 5.97 Å². The third-order valence-electron chi connectivity index (χ3n) is 3.33. The minimum absolute atomic E-state index is 0.256. The lowest BCUT2D eigenvalue weighted by Gasteiger charge is -2.09. The zero-order valence-corrected chi connectivity index (χ0v) is 11.4. The molecule has 1 aromatic heterocycles. The average Bonchev–Trinajstić information content (AvgIpc) is 2.53. The summed E-state index contributed by atoms with van der Waals surface area (Å²) in [6.45, 7) is 0. The molecule has 0 saturated heterocycles. The quantitative estimate of drug-likeness (QED) is 0.795. The van der Waals surface area contributed by atoms with Gasteiger partial charge >= 0.3 is 5.97 Å². The van der Waals surface area contributed by atoms with E-state index >= 15 is 0 Å². The normalized spacial score (nSPS) is 10.5. The number of carboxylic acids is 1. The molecule has 4 heteroatoms. The Morgan fingerprint density at radius 1 is 1.10 bits per heavy atom. The molecule has 0 aliphatic heterocycles. The molecule has 21 heavy (non-hydrogen) atoms. The zero-order valence-electron chi connectivity index (χ0n) is 11.4. The third kappa shape index (κ3) is 2.43.